The minimum atomic E-state index is -0.389. The Morgan fingerprint density at radius 1 is 1.36 bits per heavy atom. The zero-order chi connectivity index (χ0) is 16.3. The Bertz CT molecular complexity index is 623. The molecule has 0 spiro atoms. The standard InChI is InChI=1S/C17H20N2O3/c1-10-8-14(10)17(21)19-5-4-15(20)22-16-11(2)6-13(9-18)7-12(16)3/h6-7,10,14H,4-5,8H2,1-3H3,(H,19,21)/t10-,14+/m1/s1. The molecule has 5 nitrogen and oxygen atoms in total. The topological polar surface area (TPSA) is 79.2 Å². The van der Waals surface area contributed by atoms with Crippen LogP contribution in [0.5, 0.6) is 5.75 Å². The summed E-state index contributed by atoms with van der Waals surface area (Å²) in [4.78, 5) is 23.5. The summed E-state index contributed by atoms with van der Waals surface area (Å²) in [5, 5.41) is 11.7. The number of benzene rings is 1. The van der Waals surface area contributed by atoms with Crippen molar-refractivity contribution in [3.05, 3.63) is 28.8 Å². The molecule has 0 unspecified atom stereocenters. The Labute approximate surface area is 130 Å². The maximum Gasteiger partial charge on any atom is 0.312 e. The van der Waals surface area contributed by atoms with E-state index in [4.69, 9.17) is 10.00 Å². The van der Waals surface area contributed by atoms with Gasteiger partial charge in [0.25, 0.3) is 0 Å². The molecule has 1 aliphatic carbocycles. The summed E-state index contributed by atoms with van der Waals surface area (Å²) in [6, 6.07) is 5.44. The summed E-state index contributed by atoms with van der Waals surface area (Å²) in [7, 11) is 0. The summed E-state index contributed by atoms with van der Waals surface area (Å²) in [6.45, 7) is 5.92. The first-order chi connectivity index (χ1) is 10.4. The van der Waals surface area contributed by atoms with Gasteiger partial charge in [0.2, 0.25) is 5.91 Å². The lowest BCUT2D eigenvalue weighted by Crippen LogP contribution is -2.28. The maximum atomic E-state index is 11.9. The number of carbonyl (C=O) groups excluding carboxylic acids is 2. The number of nitrogens with zero attached hydrogens (tertiary/aromatic N) is 1. The largest absolute Gasteiger partial charge is 0.426 e. The van der Waals surface area contributed by atoms with Crippen molar-refractivity contribution in [2.24, 2.45) is 11.8 Å². The van der Waals surface area contributed by atoms with E-state index in [1.54, 1.807) is 26.0 Å². The number of nitrogens with one attached hydrogen (secondary N) is 1. The van der Waals surface area contributed by atoms with Gasteiger partial charge in [-0.3, -0.25) is 9.59 Å². The highest BCUT2D eigenvalue weighted by molar-refractivity contribution is 5.82. The predicted molar refractivity (Wildman–Crippen MR) is 81.2 cm³/mol. The second-order valence-corrected chi connectivity index (χ2v) is 5.89. The Hall–Kier alpha value is -2.35. The fourth-order valence-electron chi connectivity index (χ4n) is 2.45. The first-order valence-electron chi connectivity index (χ1n) is 7.42. The normalized spacial score (nSPS) is 19.2. The smallest absolute Gasteiger partial charge is 0.312 e. The summed E-state index contributed by atoms with van der Waals surface area (Å²) in [5.74, 6) is 0.687. The molecule has 1 aromatic carbocycles. The van der Waals surface area contributed by atoms with Crippen LogP contribution >= 0.6 is 0 Å². The zero-order valence-corrected chi connectivity index (χ0v) is 13.1. The molecule has 1 aliphatic rings. The number of nitriles is 1. The molecule has 0 heterocycles. The Morgan fingerprint density at radius 3 is 2.45 bits per heavy atom. The molecule has 2 atom stereocenters. The number of rotatable bonds is 5. The van der Waals surface area contributed by atoms with E-state index in [0.29, 0.717) is 17.2 Å². The van der Waals surface area contributed by atoms with Gasteiger partial charge in [-0.25, -0.2) is 0 Å². The van der Waals surface area contributed by atoms with Crippen LogP contribution in [-0.2, 0) is 9.59 Å². The van der Waals surface area contributed by atoms with Gasteiger partial charge in [-0.1, -0.05) is 6.92 Å². The number of hydrogen-bond acceptors (Lipinski definition) is 4. The third-order valence-corrected chi connectivity index (χ3v) is 3.88. The molecule has 2 rings (SSSR count). The number of amides is 1. The van der Waals surface area contributed by atoms with E-state index in [0.717, 1.165) is 17.5 Å². The zero-order valence-electron chi connectivity index (χ0n) is 13.1. The van der Waals surface area contributed by atoms with E-state index >= 15 is 0 Å². The average Bonchev–Trinajstić information content (AvgIpc) is 3.19. The molecule has 1 saturated carbocycles. The Morgan fingerprint density at radius 2 is 1.95 bits per heavy atom. The first kappa shape index (κ1) is 16.0. The van der Waals surface area contributed by atoms with E-state index in [2.05, 4.69) is 11.4 Å². The van der Waals surface area contributed by atoms with Crippen molar-refractivity contribution in [3.8, 4) is 11.8 Å². The number of hydrogen-bond donors (Lipinski definition) is 1. The lowest BCUT2D eigenvalue weighted by Gasteiger charge is -2.11. The van der Waals surface area contributed by atoms with E-state index < -0.39 is 0 Å². The van der Waals surface area contributed by atoms with Gasteiger partial charge in [0, 0.05) is 12.5 Å². The van der Waals surface area contributed by atoms with Gasteiger partial charge in [0.1, 0.15) is 5.75 Å². The van der Waals surface area contributed by atoms with Crippen molar-refractivity contribution in [1.82, 2.24) is 5.32 Å². The Balaban J connectivity index is 1.84. The van der Waals surface area contributed by atoms with Gasteiger partial charge in [-0.2, -0.15) is 5.26 Å². The van der Waals surface area contributed by atoms with Crippen LogP contribution in [0.3, 0.4) is 0 Å². The highest BCUT2D eigenvalue weighted by Gasteiger charge is 2.38. The molecule has 1 N–H and O–H groups in total. The van der Waals surface area contributed by atoms with Gasteiger partial charge < -0.3 is 10.1 Å². The van der Waals surface area contributed by atoms with Gasteiger partial charge in [-0.15, -0.1) is 0 Å². The van der Waals surface area contributed by atoms with Crippen LogP contribution in [0.15, 0.2) is 12.1 Å². The third kappa shape index (κ3) is 3.85. The highest BCUT2D eigenvalue weighted by atomic mass is 16.5. The summed E-state index contributed by atoms with van der Waals surface area (Å²) in [5.41, 5.74) is 2.04. The van der Waals surface area contributed by atoms with Crippen molar-refractivity contribution in [2.45, 2.75) is 33.6 Å². The third-order valence-electron chi connectivity index (χ3n) is 3.88. The molecule has 1 amide bonds. The summed E-state index contributed by atoms with van der Waals surface area (Å²) < 4.78 is 5.35. The molecular weight excluding hydrogens is 280 g/mol. The quantitative estimate of drug-likeness (QED) is 0.668. The Kier molecular flexibility index (Phi) is 4.81. The molecule has 0 aliphatic heterocycles. The van der Waals surface area contributed by atoms with Crippen molar-refractivity contribution < 1.29 is 14.3 Å². The minimum Gasteiger partial charge on any atom is -0.426 e. The maximum absolute atomic E-state index is 11.9. The SMILES string of the molecule is Cc1cc(C#N)cc(C)c1OC(=O)CCNC(=O)[C@H]1C[C@H]1C. The van der Waals surface area contributed by atoms with Gasteiger partial charge in [-0.05, 0) is 49.4 Å². The van der Waals surface area contributed by atoms with Crippen LogP contribution in [0.25, 0.3) is 0 Å². The van der Waals surface area contributed by atoms with E-state index in [1.165, 1.54) is 0 Å². The molecule has 22 heavy (non-hydrogen) atoms. The molecule has 1 aromatic rings. The molecule has 0 aromatic heterocycles. The lowest BCUT2D eigenvalue weighted by molar-refractivity contribution is -0.134. The van der Waals surface area contributed by atoms with Crippen LogP contribution in [0.4, 0.5) is 0 Å². The van der Waals surface area contributed by atoms with Gasteiger partial charge in [0.15, 0.2) is 0 Å². The molecular formula is C17H20N2O3. The van der Waals surface area contributed by atoms with Crippen molar-refractivity contribution in [1.29, 1.82) is 5.26 Å². The lowest BCUT2D eigenvalue weighted by atomic mass is 10.1. The molecule has 116 valence electrons. The average molecular weight is 300 g/mol. The van der Waals surface area contributed by atoms with Crippen LogP contribution < -0.4 is 10.1 Å². The first-order valence-corrected chi connectivity index (χ1v) is 7.42. The van der Waals surface area contributed by atoms with Crippen LogP contribution in [-0.4, -0.2) is 18.4 Å². The fourth-order valence-corrected chi connectivity index (χ4v) is 2.45. The van der Waals surface area contributed by atoms with E-state index in [1.807, 2.05) is 6.92 Å². The number of carbonyl (C=O) groups is 2. The minimum absolute atomic E-state index is 0.0195. The number of aryl methyl sites for hydroxylation is 2. The van der Waals surface area contributed by atoms with Crippen LogP contribution in [0.2, 0.25) is 0 Å². The van der Waals surface area contributed by atoms with Crippen molar-refractivity contribution in [2.75, 3.05) is 6.54 Å². The fraction of sp³-hybridized carbons (Fsp3) is 0.471. The van der Waals surface area contributed by atoms with Crippen LogP contribution in [0.1, 0.15) is 36.5 Å². The molecule has 0 radical (unpaired) electrons. The van der Waals surface area contributed by atoms with Crippen LogP contribution in [0, 0.1) is 37.0 Å². The molecule has 1 fully saturated rings. The van der Waals surface area contributed by atoms with E-state index in [9.17, 15) is 9.59 Å². The van der Waals surface area contributed by atoms with E-state index in [-0.39, 0.29) is 30.8 Å². The second kappa shape index (κ2) is 6.61. The summed E-state index contributed by atoms with van der Waals surface area (Å²) in [6.07, 6.45) is 1.06. The highest BCUT2D eigenvalue weighted by Crippen LogP contribution is 2.37. The molecule has 0 saturated heterocycles. The van der Waals surface area contributed by atoms with Crippen molar-refractivity contribution >= 4 is 11.9 Å². The second-order valence-electron chi connectivity index (χ2n) is 5.89. The predicted octanol–water partition coefficient (Wildman–Crippen LogP) is 2.24. The van der Waals surface area contributed by atoms with Gasteiger partial charge >= 0.3 is 5.97 Å². The summed E-state index contributed by atoms with van der Waals surface area (Å²) >= 11 is 0. The van der Waals surface area contributed by atoms with Crippen molar-refractivity contribution in [3.63, 3.8) is 0 Å². The number of ether oxygens (including phenoxy) is 1. The van der Waals surface area contributed by atoms with Gasteiger partial charge in [0.05, 0.1) is 18.1 Å². The molecule has 0 bridgehead atoms. The monoisotopic (exact) mass is 300 g/mol. The number of esters is 1. The molecule has 5 heteroatoms.